The van der Waals surface area contributed by atoms with Crippen molar-refractivity contribution >= 4 is 0 Å². The van der Waals surface area contributed by atoms with Crippen LogP contribution >= 0.6 is 0 Å². The molecule has 17 heavy (non-hydrogen) atoms. The number of rotatable bonds is 5. The van der Waals surface area contributed by atoms with Gasteiger partial charge >= 0.3 is 0 Å². The number of nitrogens with one attached hydrogen (secondary N) is 1. The highest BCUT2D eigenvalue weighted by Crippen LogP contribution is 2.30. The molecule has 4 heteroatoms. The largest absolute Gasteiger partial charge is 0.394 e. The van der Waals surface area contributed by atoms with Gasteiger partial charge in [-0.2, -0.15) is 0 Å². The van der Waals surface area contributed by atoms with Gasteiger partial charge in [0.1, 0.15) is 0 Å². The fourth-order valence-corrected chi connectivity index (χ4v) is 3.11. The van der Waals surface area contributed by atoms with E-state index in [2.05, 4.69) is 5.32 Å². The Kier molecular flexibility index (Phi) is 4.79. The lowest BCUT2D eigenvalue weighted by Gasteiger charge is -2.43. The molecule has 4 nitrogen and oxygen atoms in total. The summed E-state index contributed by atoms with van der Waals surface area (Å²) in [4.78, 5) is 0. The summed E-state index contributed by atoms with van der Waals surface area (Å²) < 4.78 is 11.2. The highest BCUT2D eigenvalue weighted by molar-refractivity contribution is 4.98. The van der Waals surface area contributed by atoms with E-state index in [1.165, 1.54) is 12.8 Å². The van der Waals surface area contributed by atoms with Gasteiger partial charge in [-0.1, -0.05) is 12.8 Å². The van der Waals surface area contributed by atoms with Crippen LogP contribution in [-0.4, -0.2) is 49.7 Å². The van der Waals surface area contributed by atoms with Crippen molar-refractivity contribution in [2.75, 3.05) is 26.9 Å². The first-order chi connectivity index (χ1) is 8.30. The zero-order valence-electron chi connectivity index (χ0n) is 10.8. The Morgan fingerprint density at radius 1 is 1.35 bits per heavy atom. The molecule has 1 saturated carbocycles. The zero-order valence-corrected chi connectivity index (χ0v) is 10.8. The van der Waals surface area contributed by atoms with E-state index < -0.39 is 0 Å². The van der Waals surface area contributed by atoms with Crippen molar-refractivity contribution in [2.45, 2.75) is 56.3 Å². The van der Waals surface area contributed by atoms with Gasteiger partial charge in [-0.15, -0.1) is 0 Å². The molecule has 3 atom stereocenters. The van der Waals surface area contributed by atoms with E-state index in [0.717, 1.165) is 38.8 Å². The van der Waals surface area contributed by atoms with E-state index in [4.69, 9.17) is 9.47 Å². The summed E-state index contributed by atoms with van der Waals surface area (Å²) >= 11 is 0. The van der Waals surface area contributed by atoms with Crippen LogP contribution in [0, 0.1) is 0 Å². The predicted octanol–water partition coefficient (Wildman–Crippen LogP) is 1.08. The van der Waals surface area contributed by atoms with Crippen LogP contribution in [0.1, 0.15) is 38.5 Å². The van der Waals surface area contributed by atoms with Crippen molar-refractivity contribution in [3.63, 3.8) is 0 Å². The smallest absolute Gasteiger partial charge is 0.0775 e. The summed E-state index contributed by atoms with van der Waals surface area (Å²) in [5.41, 5.74) is -0.251. The lowest BCUT2D eigenvalue weighted by Crippen LogP contribution is -2.60. The van der Waals surface area contributed by atoms with Crippen LogP contribution < -0.4 is 5.32 Å². The molecule has 0 spiro atoms. The topological polar surface area (TPSA) is 50.7 Å². The number of hydrogen-bond acceptors (Lipinski definition) is 4. The first-order valence-electron chi connectivity index (χ1n) is 6.81. The molecule has 2 fully saturated rings. The molecule has 1 saturated heterocycles. The molecular formula is C13H25NO3. The molecule has 0 aromatic rings. The number of aliphatic hydroxyl groups excluding tert-OH is 1. The summed E-state index contributed by atoms with van der Waals surface area (Å²) in [5.74, 6) is 0. The van der Waals surface area contributed by atoms with Gasteiger partial charge in [0.2, 0.25) is 0 Å². The highest BCUT2D eigenvalue weighted by atomic mass is 16.5. The average molecular weight is 243 g/mol. The summed E-state index contributed by atoms with van der Waals surface area (Å²) in [6.07, 6.45) is 7.13. The molecule has 1 aliphatic heterocycles. The fourth-order valence-electron chi connectivity index (χ4n) is 3.11. The van der Waals surface area contributed by atoms with Crippen LogP contribution in [0.2, 0.25) is 0 Å². The molecule has 3 unspecified atom stereocenters. The van der Waals surface area contributed by atoms with E-state index in [1.54, 1.807) is 7.11 Å². The molecular weight excluding hydrogens is 218 g/mol. The second kappa shape index (κ2) is 6.14. The van der Waals surface area contributed by atoms with Crippen LogP contribution in [0.25, 0.3) is 0 Å². The fraction of sp³-hybridized carbons (Fsp3) is 1.00. The van der Waals surface area contributed by atoms with Gasteiger partial charge in [0, 0.05) is 20.3 Å². The quantitative estimate of drug-likeness (QED) is 0.758. The van der Waals surface area contributed by atoms with Gasteiger partial charge in [-0.05, 0) is 25.7 Å². The third-order valence-corrected chi connectivity index (χ3v) is 4.23. The molecule has 100 valence electrons. The van der Waals surface area contributed by atoms with Gasteiger partial charge in [0.25, 0.3) is 0 Å². The molecule has 2 N–H and O–H groups in total. The third kappa shape index (κ3) is 2.99. The van der Waals surface area contributed by atoms with E-state index in [1.807, 2.05) is 0 Å². The van der Waals surface area contributed by atoms with Crippen molar-refractivity contribution in [1.82, 2.24) is 5.32 Å². The van der Waals surface area contributed by atoms with Crippen molar-refractivity contribution in [1.29, 1.82) is 0 Å². The maximum Gasteiger partial charge on any atom is 0.0775 e. The van der Waals surface area contributed by atoms with Crippen molar-refractivity contribution in [3.05, 3.63) is 0 Å². The minimum absolute atomic E-state index is 0.127. The zero-order chi connectivity index (χ0) is 12.1. The normalized spacial score (nSPS) is 38.5. The summed E-state index contributed by atoms with van der Waals surface area (Å²) in [6, 6.07) is 0. The molecule has 0 aromatic carbocycles. The monoisotopic (exact) mass is 243 g/mol. The van der Waals surface area contributed by atoms with E-state index in [0.29, 0.717) is 6.10 Å². The Morgan fingerprint density at radius 2 is 2.24 bits per heavy atom. The van der Waals surface area contributed by atoms with Crippen molar-refractivity contribution in [3.8, 4) is 0 Å². The van der Waals surface area contributed by atoms with Crippen LogP contribution in [0.5, 0.6) is 0 Å². The van der Waals surface area contributed by atoms with Gasteiger partial charge in [-0.3, -0.25) is 0 Å². The number of hydrogen-bond donors (Lipinski definition) is 2. The van der Waals surface area contributed by atoms with E-state index >= 15 is 0 Å². The lowest BCUT2D eigenvalue weighted by molar-refractivity contribution is -0.0433. The number of aliphatic hydroxyl groups is 1. The Hall–Kier alpha value is -0.160. The highest BCUT2D eigenvalue weighted by Gasteiger charge is 2.40. The maximum atomic E-state index is 9.73. The Labute approximate surface area is 104 Å². The Morgan fingerprint density at radius 3 is 2.88 bits per heavy atom. The van der Waals surface area contributed by atoms with Crippen molar-refractivity contribution in [2.24, 2.45) is 0 Å². The Bertz CT molecular complexity index is 231. The first kappa shape index (κ1) is 13.3. The minimum Gasteiger partial charge on any atom is -0.394 e. The molecule has 0 amide bonds. The summed E-state index contributed by atoms with van der Waals surface area (Å²) in [7, 11) is 1.74. The first-order valence-corrected chi connectivity index (χ1v) is 6.81. The third-order valence-electron chi connectivity index (χ3n) is 4.23. The lowest BCUT2D eigenvalue weighted by atomic mass is 9.79. The molecule has 2 rings (SSSR count). The summed E-state index contributed by atoms with van der Waals surface area (Å²) in [6.45, 7) is 1.87. The SMILES string of the molecule is COC1CCCCC1(CO)NCC1CCCO1. The Balaban J connectivity index is 1.91. The molecule has 1 aliphatic carbocycles. The number of ether oxygens (including phenoxy) is 2. The average Bonchev–Trinajstić information content (AvgIpc) is 2.89. The van der Waals surface area contributed by atoms with Crippen LogP contribution in [-0.2, 0) is 9.47 Å². The van der Waals surface area contributed by atoms with E-state index in [-0.39, 0.29) is 18.2 Å². The van der Waals surface area contributed by atoms with E-state index in [9.17, 15) is 5.11 Å². The second-order valence-electron chi connectivity index (χ2n) is 5.30. The summed E-state index contributed by atoms with van der Waals surface area (Å²) in [5, 5.41) is 13.3. The second-order valence-corrected chi connectivity index (χ2v) is 5.30. The molecule has 0 bridgehead atoms. The van der Waals surface area contributed by atoms with Crippen LogP contribution in [0.15, 0.2) is 0 Å². The van der Waals surface area contributed by atoms with Gasteiger partial charge in [0.15, 0.2) is 0 Å². The van der Waals surface area contributed by atoms with Crippen LogP contribution in [0.4, 0.5) is 0 Å². The van der Waals surface area contributed by atoms with Gasteiger partial charge < -0.3 is 19.9 Å². The predicted molar refractivity (Wildman–Crippen MR) is 66.1 cm³/mol. The molecule has 1 heterocycles. The molecule has 0 radical (unpaired) electrons. The standard InChI is InChI=1S/C13H25NO3/c1-16-12-6-2-3-7-13(12,10-15)14-9-11-5-4-8-17-11/h11-12,14-15H,2-10H2,1H3. The maximum absolute atomic E-state index is 9.73. The minimum atomic E-state index is -0.251. The van der Waals surface area contributed by atoms with Gasteiger partial charge in [-0.25, -0.2) is 0 Å². The van der Waals surface area contributed by atoms with Crippen LogP contribution in [0.3, 0.4) is 0 Å². The molecule has 0 aromatic heterocycles. The van der Waals surface area contributed by atoms with Crippen molar-refractivity contribution < 1.29 is 14.6 Å². The van der Waals surface area contributed by atoms with Gasteiger partial charge in [0.05, 0.1) is 24.4 Å². The molecule has 2 aliphatic rings. The number of methoxy groups -OCH3 is 1.